The van der Waals surface area contributed by atoms with Crippen molar-refractivity contribution >= 4 is 5.69 Å². The van der Waals surface area contributed by atoms with Gasteiger partial charge < -0.3 is 9.88 Å². The highest BCUT2D eigenvalue weighted by molar-refractivity contribution is 5.57. The standard InChI is InChI=1S/C15H19N3/c1-11(2)15-9-16-10-18(15)13-5-6-14-12(8-13)4-3-7-17-14/h5-6,8-11,17H,3-4,7H2,1-2H3. The first-order valence-electron chi connectivity index (χ1n) is 6.65. The van der Waals surface area contributed by atoms with Crippen LogP contribution < -0.4 is 5.32 Å². The minimum atomic E-state index is 0.488. The Morgan fingerprint density at radius 1 is 1.33 bits per heavy atom. The second-order valence-corrected chi connectivity index (χ2v) is 5.21. The van der Waals surface area contributed by atoms with Crippen LogP contribution in [-0.2, 0) is 6.42 Å². The van der Waals surface area contributed by atoms with Gasteiger partial charge in [0.15, 0.2) is 0 Å². The molecule has 2 heterocycles. The molecule has 0 spiro atoms. The van der Waals surface area contributed by atoms with Crippen LogP contribution in [-0.4, -0.2) is 16.1 Å². The highest BCUT2D eigenvalue weighted by atomic mass is 15.1. The summed E-state index contributed by atoms with van der Waals surface area (Å²) in [7, 11) is 0. The van der Waals surface area contributed by atoms with Crippen LogP contribution in [0.4, 0.5) is 5.69 Å². The summed E-state index contributed by atoms with van der Waals surface area (Å²) < 4.78 is 2.19. The van der Waals surface area contributed by atoms with Crippen LogP contribution in [0.5, 0.6) is 0 Å². The molecule has 1 aromatic carbocycles. The maximum Gasteiger partial charge on any atom is 0.0994 e. The van der Waals surface area contributed by atoms with Crippen molar-refractivity contribution in [2.75, 3.05) is 11.9 Å². The summed E-state index contributed by atoms with van der Waals surface area (Å²) in [6.45, 7) is 5.50. The summed E-state index contributed by atoms with van der Waals surface area (Å²) in [5.74, 6) is 0.488. The van der Waals surface area contributed by atoms with Crippen LogP contribution in [0.2, 0.25) is 0 Å². The zero-order valence-electron chi connectivity index (χ0n) is 11.0. The van der Waals surface area contributed by atoms with Gasteiger partial charge in [-0.05, 0) is 42.5 Å². The third-order valence-corrected chi connectivity index (χ3v) is 3.56. The van der Waals surface area contributed by atoms with E-state index in [9.17, 15) is 0 Å². The zero-order valence-corrected chi connectivity index (χ0v) is 11.0. The fourth-order valence-corrected chi connectivity index (χ4v) is 2.56. The molecule has 0 atom stereocenters. The molecule has 2 aromatic rings. The molecule has 3 rings (SSSR count). The molecule has 0 unspecified atom stereocenters. The second kappa shape index (κ2) is 4.48. The Morgan fingerprint density at radius 3 is 3.06 bits per heavy atom. The van der Waals surface area contributed by atoms with Crippen molar-refractivity contribution < 1.29 is 0 Å². The van der Waals surface area contributed by atoms with Crippen molar-refractivity contribution in [2.24, 2.45) is 0 Å². The number of hydrogen-bond donors (Lipinski definition) is 1. The van der Waals surface area contributed by atoms with Gasteiger partial charge >= 0.3 is 0 Å². The molecule has 3 heteroatoms. The molecule has 18 heavy (non-hydrogen) atoms. The van der Waals surface area contributed by atoms with Gasteiger partial charge in [-0.1, -0.05) is 13.8 Å². The fraction of sp³-hybridized carbons (Fsp3) is 0.400. The number of aryl methyl sites for hydroxylation is 1. The number of benzene rings is 1. The van der Waals surface area contributed by atoms with Gasteiger partial charge in [-0.2, -0.15) is 0 Å². The molecule has 1 aliphatic heterocycles. The van der Waals surface area contributed by atoms with E-state index < -0.39 is 0 Å². The van der Waals surface area contributed by atoms with E-state index in [1.54, 1.807) is 0 Å². The van der Waals surface area contributed by atoms with Crippen molar-refractivity contribution in [3.05, 3.63) is 42.0 Å². The molecule has 0 saturated heterocycles. The Kier molecular flexibility index (Phi) is 2.82. The minimum Gasteiger partial charge on any atom is -0.385 e. The lowest BCUT2D eigenvalue weighted by molar-refractivity contribution is 0.783. The van der Waals surface area contributed by atoms with Crippen LogP contribution in [0, 0.1) is 0 Å². The quantitative estimate of drug-likeness (QED) is 0.873. The monoisotopic (exact) mass is 241 g/mol. The lowest BCUT2D eigenvalue weighted by Gasteiger charge is -2.19. The van der Waals surface area contributed by atoms with Gasteiger partial charge in [-0.25, -0.2) is 4.98 Å². The molecular formula is C15H19N3. The maximum absolute atomic E-state index is 4.28. The van der Waals surface area contributed by atoms with E-state index in [1.165, 1.54) is 35.5 Å². The molecule has 0 saturated carbocycles. The number of anilines is 1. The number of nitrogens with zero attached hydrogens (tertiary/aromatic N) is 2. The Morgan fingerprint density at radius 2 is 2.22 bits per heavy atom. The first-order chi connectivity index (χ1) is 8.75. The predicted octanol–water partition coefficient (Wildman–Crippen LogP) is 3.35. The summed E-state index contributed by atoms with van der Waals surface area (Å²) in [5.41, 5.74) is 5.19. The third-order valence-electron chi connectivity index (χ3n) is 3.56. The Balaban J connectivity index is 2.04. The summed E-state index contributed by atoms with van der Waals surface area (Å²) >= 11 is 0. The largest absolute Gasteiger partial charge is 0.385 e. The number of aromatic nitrogens is 2. The smallest absolute Gasteiger partial charge is 0.0994 e. The molecule has 3 nitrogen and oxygen atoms in total. The summed E-state index contributed by atoms with van der Waals surface area (Å²) in [5, 5.41) is 3.45. The van der Waals surface area contributed by atoms with Crippen LogP contribution in [0.1, 0.15) is 37.4 Å². The molecule has 1 N–H and O–H groups in total. The van der Waals surface area contributed by atoms with E-state index in [1.807, 2.05) is 12.5 Å². The zero-order chi connectivity index (χ0) is 12.5. The van der Waals surface area contributed by atoms with Crippen LogP contribution in [0.25, 0.3) is 5.69 Å². The van der Waals surface area contributed by atoms with Gasteiger partial charge in [0.25, 0.3) is 0 Å². The van der Waals surface area contributed by atoms with Gasteiger partial charge in [0.1, 0.15) is 0 Å². The highest BCUT2D eigenvalue weighted by Crippen LogP contribution is 2.26. The Labute approximate surface area is 108 Å². The van der Waals surface area contributed by atoms with Crippen molar-refractivity contribution in [1.82, 2.24) is 9.55 Å². The van der Waals surface area contributed by atoms with E-state index >= 15 is 0 Å². The molecule has 0 bridgehead atoms. The maximum atomic E-state index is 4.28. The minimum absolute atomic E-state index is 0.488. The number of rotatable bonds is 2. The summed E-state index contributed by atoms with van der Waals surface area (Å²) in [6.07, 6.45) is 6.26. The molecule has 0 amide bonds. The van der Waals surface area contributed by atoms with E-state index in [-0.39, 0.29) is 0 Å². The van der Waals surface area contributed by atoms with Gasteiger partial charge in [-0.15, -0.1) is 0 Å². The van der Waals surface area contributed by atoms with E-state index in [2.05, 4.69) is 46.9 Å². The van der Waals surface area contributed by atoms with Gasteiger partial charge in [0.05, 0.1) is 6.33 Å². The molecule has 94 valence electrons. The topological polar surface area (TPSA) is 29.9 Å². The number of hydrogen-bond acceptors (Lipinski definition) is 2. The first-order valence-corrected chi connectivity index (χ1v) is 6.65. The summed E-state index contributed by atoms with van der Waals surface area (Å²) in [4.78, 5) is 4.28. The van der Waals surface area contributed by atoms with Gasteiger partial charge in [-0.3, -0.25) is 0 Å². The van der Waals surface area contributed by atoms with E-state index in [4.69, 9.17) is 0 Å². The highest BCUT2D eigenvalue weighted by Gasteiger charge is 2.12. The van der Waals surface area contributed by atoms with Crippen molar-refractivity contribution in [1.29, 1.82) is 0 Å². The number of imidazole rings is 1. The van der Waals surface area contributed by atoms with Crippen molar-refractivity contribution in [3.8, 4) is 5.69 Å². The fourth-order valence-electron chi connectivity index (χ4n) is 2.56. The number of fused-ring (bicyclic) bond motifs is 1. The predicted molar refractivity (Wildman–Crippen MR) is 74.5 cm³/mol. The Bertz CT molecular complexity index is 555. The molecular weight excluding hydrogens is 222 g/mol. The van der Waals surface area contributed by atoms with Crippen molar-refractivity contribution in [3.63, 3.8) is 0 Å². The molecule has 1 aromatic heterocycles. The first kappa shape index (κ1) is 11.3. The molecule has 0 fully saturated rings. The van der Waals surface area contributed by atoms with Crippen LogP contribution in [0.3, 0.4) is 0 Å². The summed E-state index contributed by atoms with van der Waals surface area (Å²) in [6, 6.07) is 6.65. The average Bonchev–Trinajstić information content (AvgIpc) is 2.87. The van der Waals surface area contributed by atoms with Crippen LogP contribution in [0.15, 0.2) is 30.7 Å². The van der Waals surface area contributed by atoms with E-state index in [0.717, 1.165) is 6.54 Å². The van der Waals surface area contributed by atoms with Gasteiger partial charge in [0.2, 0.25) is 0 Å². The number of nitrogens with one attached hydrogen (secondary N) is 1. The molecule has 0 radical (unpaired) electrons. The molecule has 1 aliphatic rings. The van der Waals surface area contributed by atoms with Crippen molar-refractivity contribution in [2.45, 2.75) is 32.6 Å². The molecule has 0 aliphatic carbocycles. The average molecular weight is 241 g/mol. The van der Waals surface area contributed by atoms with Gasteiger partial charge in [0, 0.05) is 29.8 Å². The lowest BCUT2D eigenvalue weighted by Crippen LogP contribution is -2.12. The van der Waals surface area contributed by atoms with E-state index in [0.29, 0.717) is 5.92 Å². The Hall–Kier alpha value is -1.77. The third kappa shape index (κ3) is 1.90. The lowest BCUT2D eigenvalue weighted by atomic mass is 10.0. The SMILES string of the molecule is CC(C)c1cncn1-c1ccc2c(c1)CCCN2. The normalized spacial score (nSPS) is 14.4. The van der Waals surface area contributed by atoms with Crippen LogP contribution >= 0.6 is 0 Å². The second-order valence-electron chi connectivity index (χ2n) is 5.21.